The molecule has 1 saturated heterocycles. The lowest BCUT2D eigenvalue weighted by molar-refractivity contribution is 0.299. The molecule has 5 nitrogen and oxygen atoms in total. The molecule has 1 aromatic carbocycles. The van der Waals surface area contributed by atoms with Crippen LogP contribution in [-0.2, 0) is 13.1 Å². The van der Waals surface area contributed by atoms with Gasteiger partial charge in [0.2, 0.25) is 0 Å². The van der Waals surface area contributed by atoms with Gasteiger partial charge >= 0.3 is 0 Å². The van der Waals surface area contributed by atoms with Gasteiger partial charge in [0.05, 0.1) is 13.1 Å². The maximum absolute atomic E-state index is 11.9. The van der Waals surface area contributed by atoms with Gasteiger partial charge in [-0.3, -0.25) is 4.79 Å². The van der Waals surface area contributed by atoms with Crippen LogP contribution in [0.3, 0.4) is 0 Å². The van der Waals surface area contributed by atoms with Gasteiger partial charge in [0.1, 0.15) is 0 Å². The van der Waals surface area contributed by atoms with Gasteiger partial charge in [-0.1, -0.05) is 43.2 Å². The van der Waals surface area contributed by atoms with E-state index < -0.39 is 0 Å². The van der Waals surface area contributed by atoms with Crippen LogP contribution in [0.5, 0.6) is 0 Å². The molecular weight excluding hydrogens is 487 g/mol. The van der Waals surface area contributed by atoms with Crippen LogP contribution in [0.1, 0.15) is 43.7 Å². The summed E-state index contributed by atoms with van der Waals surface area (Å²) in [6, 6.07) is 13.7. The Morgan fingerprint density at radius 3 is 2.33 bits per heavy atom. The first-order valence-electron chi connectivity index (χ1n) is 11.0. The standard InChI is InChI=1S/C24H32N4O.HI/c1-2-25-24(28-17-21-7-3-4-8-22(21)18-28)26-15-19-10-12-20(13-11-19)16-27-14-6-5-9-23(27)29;/h5-6,9-14,21-22H,2-4,7-8,15-18H2,1H3,(H,25,26);1H. The zero-order chi connectivity index (χ0) is 20.1. The number of benzene rings is 1. The quantitative estimate of drug-likeness (QED) is 0.367. The second kappa shape index (κ2) is 11.0. The first kappa shape index (κ1) is 22.8. The van der Waals surface area contributed by atoms with E-state index in [1.54, 1.807) is 16.7 Å². The van der Waals surface area contributed by atoms with Gasteiger partial charge in [-0.15, -0.1) is 24.0 Å². The average molecular weight is 520 g/mol. The maximum atomic E-state index is 11.9. The lowest BCUT2D eigenvalue weighted by Gasteiger charge is -2.22. The fraction of sp³-hybridized carbons (Fsp3) is 0.500. The van der Waals surface area contributed by atoms with Crippen LogP contribution in [0.25, 0.3) is 0 Å². The highest BCUT2D eigenvalue weighted by atomic mass is 127. The Kier molecular flexibility index (Phi) is 8.36. The first-order valence-corrected chi connectivity index (χ1v) is 11.0. The number of hydrogen-bond donors (Lipinski definition) is 1. The van der Waals surface area contributed by atoms with E-state index in [2.05, 4.69) is 41.4 Å². The summed E-state index contributed by atoms with van der Waals surface area (Å²) in [4.78, 5) is 19.3. The molecule has 0 spiro atoms. The molecule has 2 fully saturated rings. The van der Waals surface area contributed by atoms with Crippen LogP contribution in [0.2, 0.25) is 0 Å². The number of rotatable bonds is 5. The van der Waals surface area contributed by atoms with Crippen LogP contribution in [0, 0.1) is 11.8 Å². The van der Waals surface area contributed by atoms with Gasteiger partial charge in [-0.25, -0.2) is 4.99 Å². The Morgan fingerprint density at radius 2 is 1.70 bits per heavy atom. The molecule has 2 heterocycles. The number of pyridine rings is 1. The maximum Gasteiger partial charge on any atom is 0.250 e. The van der Waals surface area contributed by atoms with Gasteiger partial charge in [0.15, 0.2) is 5.96 Å². The van der Waals surface area contributed by atoms with E-state index >= 15 is 0 Å². The molecule has 2 aliphatic rings. The minimum absolute atomic E-state index is 0. The Hall–Kier alpha value is -1.83. The fourth-order valence-electron chi connectivity index (χ4n) is 4.71. The van der Waals surface area contributed by atoms with Crippen molar-refractivity contribution in [1.82, 2.24) is 14.8 Å². The summed E-state index contributed by atoms with van der Waals surface area (Å²) in [5.41, 5.74) is 2.35. The Balaban J connectivity index is 0.00000256. The summed E-state index contributed by atoms with van der Waals surface area (Å²) < 4.78 is 1.73. The molecule has 1 aliphatic carbocycles. The van der Waals surface area contributed by atoms with Crippen molar-refractivity contribution in [3.8, 4) is 0 Å². The van der Waals surface area contributed by atoms with Crippen LogP contribution in [0.4, 0.5) is 0 Å². The Labute approximate surface area is 196 Å². The summed E-state index contributed by atoms with van der Waals surface area (Å²) in [5.74, 6) is 2.77. The van der Waals surface area contributed by atoms with Crippen LogP contribution < -0.4 is 10.9 Å². The molecule has 1 N–H and O–H groups in total. The van der Waals surface area contributed by atoms with Crippen molar-refractivity contribution in [2.75, 3.05) is 19.6 Å². The van der Waals surface area contributed by atoms with Gasteiger partial charge < -0.3 is 14.8 Å². The van der Waals surface area contributed by atoms with E-state index in [0.29, 0.717) is 13.1 Å². The average Bonchev–Trinajstić information content (AvgIpc) is 3.18. The van der Waals surface area contributed by atoms with Crippen molar-refractivity contribution < 1.29 is 0 Å². The van der Waals surface area contributed by atoms with Crippen molar-refractivity contribution in [1.29, 1.82) is 0 Å². The molecule has 1 saturated carbocycles. The molecule has 2 atom stereocenters. The summed E-state index contributed by atoms with van der Waals surface area (Å²) in [6.45, 7) is 6.62. The molecule has 30 heavy (non-hydrogen) atoms. The summed E-state index contributed by atoms with van der Waals surface area (Å²) in [7, 11) is 0. The zero-order valence-electron chi connectivity index (χ0n) is 17.8. The smallest absolute Gasteiger partial charge is 0.250 e. The lowest BCUT2D eigenvalue weighted by atomic mass is 9.82. The Morgan fingerprint density at radius 1 is 1.03 bits per heavy atom. The number of nitrogens with zero attached hydrogens (tertiary/aromatic N) is 3. The third-order valence-corrected chi connectivity index (χ3v) is 6.30. The van der Waals surface area contributed by atoms with Gasteiger partial charge in [0, 0.05) is 31.9 Å². The molecule has 0 amide bonds. The minimum atomic E-state index is 0. The summed E-state index contributed by atoms with van der Waals surface area (Å²) in [5, 5.41) is 3.49. The van der Waals surface area contributed by atoms with E-state index in [-0.39, 0.29) is 29.5 Å². The number of aromatic nitrogens is 1. The highest BCUT2D eigenvalue weighted by molar-refractivity contribution is 14.0. The van der Waals surface area contributed by atoms with Crippen molar-refractivity contribution in [3.63, 3.8) is 0 Å². The zero-order valence-corrected chi connectivity index (χ0v) is 20.1. The van der Waals surface area contributed by atoms with Crippen molar-refractivity contribution in [2.24, 2.45) is 16.8 Å². The molecule has 162 valence electrons. The van der Waals surface area contributed by atoms with Gasteiger partial charge in [0.25, 0.3) is 5.56 Å². The highest BCUT2D eigenvalue weighted by Crippen LogP contribution is 2.35. The number of fused-ring (bicyclic) bond motifs is 1. The number of guanidine groups is 1. The Bertz CT molecular complexity index is 879. The molecule has 2 aromatic rings. The predicted molar refractivity (Wildman–Crippen MR) is 133 cm³/mol. The lowest BCUT2D eigenvalue weighted by Crippen LogP contribution is -2.40. The van der Waals surface area contributed by atoms with Crippen LogP contribution in [-0.4, -0.2) is 35.1 Å². The first-order chi connectivity index (χ1) is 14.2. The van der Waals surface area contributed by atoms with E-state index in [9.17, 15) is 4.79 Å². The number of aliphatic imine (C=N–C) groups is 1. The van der Waals surface area contributed by atoms with Crippen LogP contribution >= 0.6 is 24.0 Å². The second-order valence-corrected chi connectivity index (χ2v) is 8.36. The molecular formula is C24H33IN4O. The molecule has 1 aliphatic heterocycles. The largest absolute Gasteiger partial charge is 0.357 e. The molecule has 0 bridgehead atoms. The second-order valence-electron chi connectivity index (χ2n) is 8.36. The molecule has 1 aromatic heterocycles. The monoisotopic (exact) mass is 520 g/mol. The SMILES string of the molecule is CCNC(=NCc1ccc(Cn2ccccc2=O)cc1)N1CC2CCCCC2C1.I. The summed E-state index contributed by atoms with van der Waals surface area (Å²) >= 11 is 0. The van der Waals surface area contributed by atoms with Crippen molar-refractivity contribution in [3.05, 3.63) is 70.1 Å². The molecule has 6 heteroatoms. The molecule has 4 rings (SSSR count). The normalized spacial score (nSPS) is 21.1. The third-order valence-electron chi connectivity index (χ3n) is 6.30. The number of likely N-dealkylation sites (tertiary alicyclic amines) is 1. The number of hydrogen-bond acceptors (Lipinski definition) is 2. The fourth-order valence-corrected chi connectivity index (χ4v) is 4.71. The summed E-state index contributed by atoms with van der Waals surface area (Å²) in [6.07, 6.45) is 7.38. The minimum Gasteiger partial charge on any atom is -0.357 e. The van der Waals surface area contributed by atoms with Gasteiger partial charge in [-0.2, -0.15) is 0 Å². The molecule has 2 unspecified atom stereocenters. The third kappa shape index (κ3) is 5.65. The van der Waals surface area contributed by atoms with Crippen LogP contribution in [0.15, 0.2) is 58.4 Å². The van der Waals surface area contributed by atoms with E-state index in [0.717, 1.165) is 43.0 Å². The van der Waals surface area contributed by atoms with E-state index in [1.165, 1.54) is 31.2 Å². The van der Waals surface area contributed by atoms with Crippen molar-refractivity contribution >= 4 is 29.9 Å². The van der Waals surface area contributed by atoms with Crippen molar-refractivity contribution in [2.45, 2.75) is 45.7 Å². The highest BCUT2D eigenvalue weighted by Gasteiger charge is 2.35. The van der Waals surface area contributed by atoms with Gasteiger partial charge in [-0.05, 0) is 48.8 Å². The van der Waals surface area contributed by atoms with E-state index in [4.69, 9.17) is 4.99 Å². The topological polar surface area (TPSA) is 49.6 Å². The predicted octanol–water partition coefficient (Wildman–Crippen LogP) is 4.10. The molecule has 0 radical (unpaired) electrons. The van der Waals surface area contributed by atoms with E-state index in [1.807, 2.05) is 12.3 Å². The number of halogens is 1. The number of nitrogens with one attached hydrogen (secondary N) is 1.